The Morgan fingerprint density at radius 2 is 1.96 bits per heavy atom. The van der Waals surface area contributed by atoms with Gasteiger partial charge in [0.25, 0.3) is 0 Å². The molecule has 0 aliphatic carbocycles. The Morgan fingerprint density at radius 1 is 1.26 bits per heavy atom. The molecule has 0 fully saturated rings. The zero-order chi connectivity index (χ0) is 16.2. The quantitative estimate of drug-likeness (QED) is 0.583. The van der Waals surface area contributed by atoms with Crippen molar-refractivity contribution in [3.63, 3.8) is 0 Å². The van der Waals surface area contributed by atoms with Crippen LogP contribution in [-0.2, 0) is 0 Å². The fourth-order valence-electron chi connectivity index (χ4n) is 1.93. The highest BCUT2D eigenvalue weighted by molar-refractivity contribution is 8.06. The van der Waals surface area contributed by atoms with Crippen LogP contribution in [0.25, 0.3) is 5.70 Å². The van der Waals surface area contributed by atoms with Gasteiger partial charge in [0.2, 0.25) is 5.96 Å². The lowest BCUT2D eigenvalue weighted by atomic mass is 10.2. The third-order valence-corrected chi connectivity index (χ3v) is 3.80. The molecule has 3 rings (SSSR count). The standard InChI is InChI=1S/C14H14N8S/c1-10(21-7-2-4-18-21)11(13-17-6-9-23-13)12(15)20-14(16)22-8-3-5-19-22/h2-9,17H,1H2,(H3,15,16,20). The predicted molar refractivity (Wildman–Crippen MR) is 91.4 cm³/mol. The Balaban J connectivity index is 1.97. The first kappa shape index (κ1) is 14.9. The van der Waals surface area contributed by atoms with Crippen molar-refractivity contribution in [1.82, 2.24) is 24.9 Å². The van der Waals surface area contributed by atoms with Crippen molar-refractivity contribution in [2.24, 2.45) is 10.7 Å². The normalized spacial score (nSPS) is 16.3. The molecule has 8 nitrogen and oxygen atoms in total. The summed E-state index contributed by atoms with van der Waals surface area (Å²) in [4.78, 5) is 4.13. The maximum atomic E-state index is 7.97. The molecule has 9 heteroatoms. The molecular formula is C14H14N8S. The van der Waals surface area contributed by atoms with E-state index in [9.17, 15) is 0 Å². The molecule has 0 unspecified atom stereocenters. The number of nitrogens with one attached hydrogen (secondary N) is 2. The zero-order valence-electron chi connectivity index (χ0n) is 12.0. The minimum atomic E-state index is -0.0881. The van der Waals surface area contributed by atoms with Crippen LogP contribution in [0, 0.1) is 5.41 Å². The van der Waals surface area contributed by atoms with Gasteiger partial charge in [0.15, 0.2) is 0 Å². The molecule has 0 saturated heterocycles. The average Bonchev–Trinajstić information content (AvgIpc) is 3.29. The van der Waals surface area contributed by atoms with Crippen molar-refractivity contribution >= 4 is 29.3 Å². The number of rotatable bonds is 3. The molecule has 0 aromatic carbocycles. The number of nitrogens with zero attached hydrogens (tertiary/aromatic N) is 5. The van der Waals surface area contributed by atoms with E-state index in [0.29, 0.717) is 11.3 Å². The first-order chi connectivity index (χ1) is 11.2. The number of nitrogens with two attached hydrogens (primary N) is 1. The van der Waals surface area contributed by atoms with Gasteiger partial charge in [0, 0.05) is 31.0 Å². The lowest BCUT2D eigenvalue weighted by molar-refractivity contribution is 0.902. The van der Waals surface area contributed by atoms with Crippen LogP contribution in [-0.4, -0.2) is 31.4 Å². The number of amidine groups is 1. The topological polar surface area (TPSA) is 110 Å². The van der Waals surface area contributed by atoms with E-state index in [0.717, 1.165) is 5.03 Å². The third kappa shape index (κ3) is 3.09. The van der Waals surface area contributed by atoms with Crippen molar-refractivity contribution in [2.75, 3.05) is 0 Å². The lowest BCUT2D eigenvalue weighted by Gasteiger charge is -2.14. The molecule has 2 aromatic rings. The minimum Gasteiger partial charge on any atom is -0.383 e. The summed E-state index contributed by atoms with van der Waals surface area (Å²) in [5, 5.41) is 21.9. The van der Waals surface area contributed by atoms with E-state index >= 15 is 0 Å². The second kappa shape index (κ2) is 6.36. The second-order valence-corrected chi connectivity index (χ2v) is 5.35. The van der Waals surface area contributed by atoms with Crippen LogP contribution < -0.4 is 11.1 Å². The summed E-state index contributed by atoms with van der Waals surface area (Å²) in [6, 6.07) is 3.50. The summed E-state index contributed by atoms with van der Waals surface area (Å²) in [5.41, 5.74) is 7.28. The van der Waals surface area contributed by atoms with Crippen LogP contribution in [0.2, 0.25) is 0 Å². The molecule has 0 radical (unpaired) electrons. The smallest absolute Gasteiger partial charge is 0.244 e. The Hall–Kier alpha value is -3.07. The van der Waals surface area contributed by atoms with Gasteiger partial charge in [-0.3, -0.25) is 5.41 Å². The van der Waals surface area contributed by atoms with E-state index < -0.39 is 0 Å². The van der Waals surface area contributed by atoms with Crippen molar-refractivity contribution in [3.05, 3.63) is 65.7 Å². The van der Waals surface area contributed by atoms with Crippen LogP contribution in [0.3, 0.4) is 0 Å². The average molecular weight is 326 g/mol. The number of hydrogen-bond acceptors (Lipinski definition) is 5. The fourth-order valence-corrected chi connectivity index (χ4v) is 2.68. The molecule has 2 aromatic heterocycles. The summed E-state index contributed by atoms with van der Waals surface area (Å²) >= 11 is 1.46. The van der Waals surface area contributed by atoms with E-state index in [2.05, 4.69) is 27.1 Å². The van der Waals surface area contributed by atoms with Crippen molar-refractivity contribution in [1.29, 1.82) is 5.41 Å². The first-order valence-corrected chi connectivity index (χ1v) is 7.49. The van der Waals surface area contributed by atoms with Gasteiger partial charge >= 0.3 is 0 Å². The van der Waals surface area contributed by atoms with E-state index in [4.69, 9.17) is 11.1 Å². The summed E-state index contributed by atoms with van der Waals surface area (Å²) in [5.74, 6) is 0.0690. The highest BCUT2D eigenvalue weighted by Crippen LogP contribution is 2.28. The third-order valence-electron chi connectivity index (χ3n) is 2.97. The second-order valence-electron chi connectivity index (χ2n) is 4.44. The molecule has 0 saturated carbocycles. The van der Waals surface area contributed by atoms with Gasteiger partial charge < -0.3 is 11.1 Å². The van der Waals surface area contributed by atoms with Gasteiger partial charge in [-0.05, 0) is 17.5 Å². The Labute approximate surface area is 136 Å². The fraction of sp³-hybridized carbons (Fsp3) is 0. The van der Waals surface area contributed by atoms with Crippen molar-refractivity contribution < 1.29 is 0 Å². The molecule has 0 bridgehead atoms. The molecule has 0 spiro atoms. The number of aromatic nitrogens is 4. The molecule has 0 amide bonds. The molecule has 4 N–H and O–H groups in total. The molecule has 116 valence electrons. The van der Waals surface area contributed by atoms with Gasteiger partial charge in [-0.1, -0.05) is 18.3 Å². The van der Waals surface area contributed by atoms with Gasteiger partial charge in [-0.2, -0.15) is 15.2 Å². The van der Waals surface area contributed by atoms with Crippen molar-refractivity contribution in [2.45, 2.75) is 0 Å². The van der Waals surface area contributed by atoms with Crippen LogP contribution >= 0.6 is 11.8 Å². The zero-order valence-corrected chi connectivity index (χ0v) is 12.9. The van der Waals surface area contributed by atoms with E-state index in [1.165, 1.54) is 16.4 Å². The number of thioether (sulfide) groups is 1. The van der Waals surface area contributed by atoms with E-state index in [-0.39, 0.29) is 11.8 Å². The summed E-state index contributed by atoms with van der Waals surface area (Å²) in [7, 11) is 0. The first-order valence-electron chi connectivity index (χ1n) is 6.61. The Kier molecular flexibility index (Phi) is 4.11. The summed E-state index contributed by atoms with van der Waals surface area (Å²) in [6.07, 6.45) is 8.41. The highest BCUT2D eigenvalue weighted by atomic mass is 32.2. The van der Waals surface area contributed by atoms with Crippen LogP contribution in [0.1, 0.15) is 0 Å². The Morgan fingerprint density at radius 3 is 2.52 bits per heavy atom. The van der Waals surface area contributed by atoms with Crippen LogP contribution in [0.4, 0.5) is 0 Å². The van der Waals surface area contributed by atoms with Gasteiger partial charge in [-0.15, -0.1) is 0 Å². The predicted octanol–water partition coefficient (Wildman–Crippen LogP) is 1.41. The SMILES string of the molecule is C=C(C(C(N)=NC(=N)n1cccn1)=C1NC=CS1)n1cccn1. The van der Waals surface area contributed by atoms with E-state index in [1.54, 1.807) is 47.8 Å². The van der Waals surface area contributed by atoms with Crippen molar-refractivity contribution in [3.8, 4) is 0 Å². The summed E-state index contributed by atoms with van der Waals surface area (Å²) in [6.45, 7) is 4.04. The van der Waals surface area contributed by atoms with Gasteiger partial charge in [-0.25, -0.2) is 9.36 Å². The van der Waals surface area contributed by atoms with Crippen LogP contribution in [0.15, 0.2) is 70.7 Å². The lowest BCUT2D eigenvalue weighted by Crippen LogP contribution is -2.24. The van der Waals surface area contributed by atoms with Crippen LogP contribution in [0.5, 0.6) is 0 Å². The molecule has 0 atom stereocenters. The van der Waals surface area contributed by atoms with Gasteiger partial charge in [0.1, 0.15) is 5.84 Å². The molecule has 23 heavy (non-hydrogen) atoms. The van der Waals surface area contributed by atoms with E-state index in [1.807, 2.05) is 5.41 Å². The summed E-state index contributed by atoms with van der Waals surface area (Å²) < 4.78 is 2.92. The molecular weight excluding hydrogens is 312 g/mol. The maximum Gasteiger partial charge on any atom is 0.244 e. The maximum absolute atomic E-state index is 7.97. The molecule has 1 aliphatic rings. The highest BCUT2D eigenvalue weighted by Gasteiger charge is 2.19. The van der Waals surface area contributed by atoms with Gasteiger partial charge in [0.05, 0.1) is 16.3 Å². The number of aliphatic imine (C=N–C) groups is 1. The molecule has 3 heterocycles. The molecule has 1 aliphatic heterocycles. The number of hydrogen-bond donors (Lipinski definition) is 3. The minimum absolute atomic E-state index is 0.0881. The monoisotopic (exact) mass is 326 g/mol. The largest absolute Gasteiger partial charge is 0.383 e. The Bertz CT molecular complexity index is 801.